The van der Waals surface area contributed by atoms with Crippen LogP contribution in [0, 0.1) is 23.1 Å². The summed E-state index contributed by atoms with van der Waals surface area (Å²) in [5.74, 6) is -0.153. The molecule has 1 fully saturated rings. The third kappa shape index (κ3) is 5.19. The number of aliphatic hydroxyl groups is 1. The summed E-state index contributed by atoms with van der Waals surface area (Å²) in [6.45, 7) is 11.8. The highest BCUT2D eigenvalue weighted by molar-refractivity contribution is 7.23. The molecule has 0 saturated carbocycles. The summed E-state index contributed by atoms with van der Waals surface area (Å²) in [4.78, 5) is 15.3. The summed E-state index contributed by atoms with van der Waals surface area (Å²) in [5, 5.41) is 21.5. The first-order valence-corrected chi connectivity index (χ1v) is 14.8. The van der Waals surface area contributed by atoms with Gasteiger partial charge in [-0.2, -0.15) is 5.26 Å². The second-order valence-corrected chi connectivity index (χ2v) is 11.1. The number of nitrogen functional groups attached to an aromatic ring is 1. The largest absolute Gasteiger partial charge is 0.391 e. The monoisotopic (exact) mass is 584 g/mol. The van der Waals surface area contributed by atoms with E-state index in [-0.39, 0.29) is 41.5 Å². The third-order valence-corrected chi connectivity index (χ3v) is 8.54. The number of unbranched alkanes of at least 4 members (excludes halogenated alkanes) is 1. The van der Waals surface area contributed by atoms with Crippen molar-refractivity contribution >= 4 is 54.9 Å². The fourth-order valence-electron chi connectivity index (χ4n) is 4.80. The van der Waals surface area contributed by atoms with Crippen LogP contribution in [0.1, 0.15) is 64.2 Å². The number of halogens is 2. The van der Waals surface area contributed by atoms with E-state index in [4.69, 9.17) is 22.1 Å². The molecule has 0 amide bonds. The summed E-state index contributed by atoms with van der Waals surface area (Å²) in [6, 6.07) is 2.11. The molecule has 0 spiro atoms. The Hall–Kier alpha value is -3.10. The number of rotatable bonds is 3. The average Bonchev–Trinajstić information content (AvgIpc) is 3.68. The van der Waals surface area contributed by atoms with Gasteiger partial charge >= 0.3 is 0 Å². The zero-order valence-electron chi connectivity index (χ0n) is 23.4. The predicted octanol–water partition coefficient (Wildman–Crippen LogP) is 6.83. The molecule has 5 heterocycles. The van der Waals surface area contributed by atoms with Crippen molar-refractivity contribution in [1.82, 2.24) is 15.0 Å². The van der Waals surface area contributed by atoms with Crippen molar-refractivity contribution in [3.63, 3.8) is 0 Å². The van der Waals surface area contributed by atoms with E-state index in [1.165, 1.54) is 30.4 Å². The zero-order chi connectivity index (χ0) is 29.1. The van der Waals surface area contributed by atoms with Gasteiger partial charge in [-0.1, -0.05) is 59.1 Å². The number of hydrogen-bond donors (Lipinski definition) is 2. The van der Waals surface area contributed by atoms with Crippen molar-refractivity contribution in [2.24, 2.45) is 5.92 Å². The molecule has 4 aromatic rings. The van der Waals surface area contributed by atoms with Crippen molar-refractivity contribution in [3.05, 3.63) is 39.9 Å². The van der Waals surface area contributed by atoms with Crippen molar-refractivity contribution in [1.29, 1.82) is 5.26 Å². The lowest BCUT2D eigenvalue weighted by Gasteiger charge is -2.18. The van der Waals surface area contributed by atoms with Gasteiger partial charge in [0.2, 0.25) is 5.95 Å². The van der Waals surface area contributed by atoms with Crippen LogP contribution >= 0.6 is 22.9 Å². The Labute approximate surface area is 242 Å². The van der Waals surface area contributed by atoms with Gasteiger partial charge < -0.3 is 20.5 Å². The van der Waals surface area contributed by atoms with E-state index in [1.807, 2.05) is 25.7 Å². The number of fused-ring (bicyclic) bond motifs is 4. The predicted molar refractivity (Wildman–Crippen MR) is 160 cm³/mol. The summed E-state index contributed by atoms with van der Waals surface area (Å²) in [6.07, 6.45) is 5.20. The number of aromatic nitrogens is 3. The fourth-order valence-corrected chi connectivity index (χ4v) is 5.98. The van der Waals surface area contributed by atoms with E-state index in [0.29, 0.717) is 50.1 Å². The Morgan fingerprint density at radius 3 is 2.52 bits per heavy atom. The van der Waals surface area contributed by atoms with E-state index in [0.717, 1.165) is 5.56 Å². The van der Waals surface area contributed by atoms with Gasteiger partial charge in [0.15, 0.2) is 5.82 Å². The molecule has 6 rings (SSSR count). The van der Waals surface area contributed by atoms with Crippen LogP contribution in [0.5, 0.6) is 0 Å². The molecule has 2 unspecified atom stereocenters. The van der Waals surface area contributed by atoms with Crippen LogP contribution < -0.4 is 10.6 Å². The standard InChI is InChI=1S/C23H18ClFN6O2S.C4H10.C2H6/c1-9-5-31(6-15(9)32)23-29-3-11-12-7-33-8-13(12)16(18(25)19(11)30-23)20-17-10(2-26)22(27)34-21(17)14(24)4-28-20;1-3-4-2;1-2/h3-4,9,15,32H,5-8,27H2,1H3;3-4H2,1-2H3;1-2H3. The van der Waals surface area contributed by atoms with Crippen LogP contribution in [0.2, 0.25) is 5.02 Å². The van der Waals surface area contributed by atoms with Crippen LogP contribution in [0.25, 0.3) is 32.2 Å². The lowest BCUT2D eigenvalue weighted by atomic mass is 9.94. The summed E-state index contributed by atoms with van der Waals surface area (Å²) < 4.78 is 22.6. The molecule has 8 nitrogen and oxygen atoms in total. The first-order valence-electron chi connectivity index (χ1n) is 13.6. The lowest BCUT2D eigenvalue weighted by molar-refractivity contribution is 0.135. The maximum absolute atomic E-state index is 16.3. The van der Waals surface area contributed by atoms with E-state index in [1.54, 1.807) is 6.20 Å². The quantitative estimate of drug-likeness (QED) is 0.269. The molecular weight excluding hydrogens is 551 g/mol. The minimum atomic E-state index is -0.569. The number of nitriles is 1. The second-order valence-electron chi connectivity index (χ2n) is 9.63. The summed E-state index contributed by atoms with van der Waals surface area (Å²) >= 11 is 7.52. The maximum Gasteiger partial charge on any atom is 0.226 e. The maximum atomic E-state index is 16.3. The molecule has 2 aliphatic heterocycles. The van der Waals surface area contributed by atoms with Crippen LogP contribution in [0.3, 0.4) is 0 Å². The number of hydrogen-bond acceptors (Lipinski definition) is 9. The Bertz CT molecular complexity index is 1580. The van der Waals surface area contributed by atoms with Crippen molar-refractivity contribution in [2.45, 2.75) is 66.8 Å². The second kappa shape index (κ2) is 12.6. The minimum Gasteiger partial charge on any atom is -0.391 e. The van der Waals surface area contributed by atoms with Gasteiger partial charge in [0, 0.05) is 47.7 Å². The molecule has 0 aliphatic carbocycles. The smallest absolute Gasteiger partial charge is 0.226 e. The molecule has 11 heteroatoms. The average molecular weight is 585 g/mol. The van der Waals surface area contributed by atoms with Gasteiger partial charge in [-0.05, 0) is 11.1 Å². The highest BCUT2D eigenvalue weighted by Crippen LogP contribution is 2.46. The molecular formula is C29H34ClFN6O2S. The van der Waals surface area contributed by atoms with Crippen molar-refractivity contribution < 1.29 is 14.2 Å². The molecule has 1 saturated heterocycles. The van der Waals surface area contributed by atoms with Crippen molar-refractivity contribution in [2.75, 3.05) is 23.7 Å². The highest BCUT2D eigenvalue weighted by atomic mass is 35.5. The topological polar surface area (TPSA) is 121 Å². The van der Waals surface area contributed by atoms with Crippen LogP contribution in [0.4, 0.5) is 15.3 Å². The Morgan fingerprint density at radius 2 is 1.90 bits per heavy atom. The molecule has 40 heavy (non-hydrogen) atoms. The van der Waals surface area contributed by atoms with Gasteiger partial charge in [0.05, 0.1) is 40.3 Å². The Balaban J connectivity index is 0.000000568. The lowest BCUT2D eigenvalue weighted by Crippen LogP contribution is -2.23. The molecule has 1 aromatic carbocycles. The first-order chi connectivity index (χ1) is 19.3. The van der Waals surface area contributed by atoms with Crippen LogP contribution in [-0.4, -0.2) is 39.3 Å². The normalized spacial score (nSPS) is 17.7. The van der Waals surface area contributed by atoms with Gasteiger partial charge in [-0.3, -0.25) is 4.98 Å². The van der Waals surface area contributed by atoms with E-state index in [2.05, 4.69) is 34.9 Å². The Kier molecular flexibility index (Phi) is 9.41. The number of β-amino-alcohol motifs (C(OH)–C–C–N with tert-alkyl or cyclic N) is 1. The number of aliphatic hydroxyl groups excluding tert-OH is 1. The van der Waals surface area contributed by atoms with Gasteiger partial charge in [-0.15, -0.1) is 11.3 Å². The molecule has 2 atom stereocenters. The third-order valence-electron chi connectivity index (χ3n) is 7.09. The molecule has 0 radical (unpaired) electrons. The number of nitrogens with two attached hydrogens (primary N) is 1. The SMILES string of the molecule is CC.CC1CN(c2ncc3c4c(c(-c5ncc(Cl)c6sc(N)c(C#N)c56)c(F)c3n2)COC4)CC1O.CCCC. The summed E-state index contributed by atoms with van der Waals surface area (Å²) in [7, 11) is 0. The number of thiophene rings is 1. The first kappa shape index (κ1) is 29.9. The fraction of sp³-hybridized carbons (Fsp3) is 0.448. The Morgan fingerprint density at radius 1 is 1.20 bits per heavy atom. The number of ether oxygens (including phenoxy) is 1. The molecule has 0 bridgehead atoms. The zero-order valence-corrected chi connectivity index (χ0v) is 25.0. The number of nitrogens with zero attached hydrogens (tertiary/aromatic N) is 5. The van der Waals surface area contributed by atoms with Crippen molar-refractivity contribution in [3.8, 4) is 17.3 Å². The highest BCUT2D eigenvalue weighted by Gasteiger charge is 2.32. The number of benzene rings is 1. The van der Waals surface area contributed by atoms with Crippen LogP contribution in [-0.2, 0) is 18.0 Å². The molecule has 2 aliphatic rings. The van der Waals surface area contributed by atoms with Gasteiger partial charge in [0.1, 0.15) is 16.6 Å². The minimum absolute atomic E-state index is 0.0631. The van der Waals surface area contributed by atoms with E-state index >= 15 is 4.39 Å². The van der Waals surface area contributed by atoms with Gasteiger partial charge in [0.25, 0.3) is 0 Å². The van der Waals surface area contributed by atoms with Crippen LogP contribution in [0.15, 0.2) is 12.4 Å². The van der Waals surface area contributed by atoms with E-state index < -0.39 is 11.9 Å². The molecule has 3 N–H and O–H groups in total. The number of anilines is 2. The molecule has 212 valence electrons. The van der Waals surface area contributed by atoms with Gasteiger partial charge in [-0.25, -0.2) is 14.4 Å². The molecule has 3 aromatic heterocycles. The number of pyridine rings is 1. The van der Waals surface area contributed by atoms with E-state index in [9.17, 15) is 10.4 Å². The summed E-state index contributed by atoms with van der Waals surface area (Å²) in [5.41, 5.74) is 8.40.